The molecule has 0 bridgehead atoms. The molecule has 88 valence electrons. The van der Waals surface area contributed by atoms with E-state index in [1.54, 1.807) is 6.33 Å². The van der Waals surface area contributed by atoms with Crippen LogP contribution in [-0.2, 0) is 6.54 Å². The van der Waals surface area contributed by atoms with Gasteiger partial charge in [-0.3, -0.25) is 4.90 Å². The van der Waals surface area contributed by atoms with Crippen molar-refractivity contribution in [3.63, 3.8) is 0 Å². The topological polar surface area (TPSA) is 29.0 Å². The largest absolute Gasteiger partial charge is 0.295 e. The molecule has 0 spiro atoms. The fourth-order valence-electron chi connectivity index (χ4n) is 3.22. The third-order valence-electron chi connectivity index (χ3n) is 3.44. The van der Waals surface area contributed by atoms with Gasteiger partial charge in [-0.1, -0.05) is 27.7 Å². The monoisotopic (exact) mass is 219 g/mol. The van der Waals surface area contributed by atoms with Gasteiger partial charge in [-0.05, 0) is 11.3 Å². The number of aromatic nitrogens is 2. The van der Waals surface area contributed by atoms with Crippen molar-refractivity contribution in [2.45, 2.75) is 40.3 Å². The Bertz CT molecular complexity index is 345. The maximum atomic E-state index is 4.06. The van der Waals surface area contributed by atoms with Gasteiger partial charge in [0.15, 0.2) is 0 Å². The lowest BCUT2D eigenvalue weighted by atomic mass is 9.70. The molecule has 0 N–H and O–H groups in total. The first kappa shape index (κ1) is 11.5. The van der Waals surface area contributed by atoms with Gasteiger partial charge in [0.05, 0.1) is 0 Å². The number of hydrogen-bond acceptors (Lipinski definition) is 3. The third kappa shape index (κ3) is 2.09. The van der Waals surface area contributed by atoms with Crippen LogP contribution >= 0.6 is 0 Å². The SMILES string of the molecule is CC(C)C1N(Cc2cncnc2)CC1(C)C. The highest BCUT2D eigenvalue weighted by atomic mass is 15.2. The molecule has 2 rings (SSSR count). The van der Waals surface area contributed by atoms with Gasteiger partial charge >= 0.3 is 0 Å². The summed E-state index contributed by atoms with van der Waals surface area (Å²) in [5, 5.41) is 0. The molecule has 0 saturated carbocycles. The first-order valence-corrected chi connectivity index (χ1v) is 5.98. The summed E-state index contributed by atoms with van der Waals surface area (Å²) in [6, 6.07) is 0.674. The van der Waals surface area contributed by atoms with Crippen LogP contribution in [0.1, 0.15) is 33.3 Å². The molecule has 1 aliphatic heterocycles. The maximum absolute atomic E-state index is 4.06. The van der Waals surface area contributed by atoms with Crippen molar-refractivity contribution >= 4 is 0 Å². The zero-order valence-corrected chi connectivity index (χ0v) is 10.6. The lowest BCUT2D eigenvalue weighted by molar-refractivity contribution is -0.0807. The molecule has 1 aromatic rings. The molecular weight excluding hydrogens is 198 g/mol. The molecule has 0 radical (unpaired) electrons. The summed E-state index contributed by atoms with van der Waals surface area (Å²) >= 11 is 0. The molecule has 0 aromatic carbocycles. The average molecular weight is 219 g/mol. The zero-order valence-electron chi connectivity index (χ0n) is 10.6. The van der Waals surface area contributed by atoms with E-state index in [-0.39, 0.29) is 0 Å². The van der Waals surface area contributed by atoms with Crippen LogP contribution in [0, 0.1) is 11.3 Å². The molecule has 16 heavy (non-hydrogen) atoms. The van der Waals surface area contributed by atoms with Gasteiger partial charge < -0.3 is 0 Å². The third-order valence-corrected chi connectivity index (χ3v) is 3.44. The van der Waals surface area contributed by atoms with E-state index in [0.29, 0.717) is 17.4 Å². The Morgan fingerprint density at radius 2 is 2.00 bits per heavy atom. The van der Waals surface area contributed by atoms with Gasteiger partial charge in [0.25, 0.3) is 0 Å². The van der Waals surface area contributed by atoms with E-state index >= 15 is 0 Å². The molecule has 1 atom stereocenters. The van der Waals surface area contributed by atoms with E-state index in [2.05, 4.69) is 42.6 Å². The Morgan fingerprint density at radius 1 is 1.38 bits per heavy atom. The van der Waals surface area contributed by atoms with Crippen LogP contribution in [0.15, 0.2) is 18.7 Å². The smallest absolute Gasteiger partial charge is 0.115 e. The van der Waals surface area contributed by atoms with E-state index in [4.69, 9.17) is 0 Å². The molecule has 1 unspecified atom stereocenters. The van der Waals surface area contributed by atoms with Gasteiger partial charge in [-0.15, -0.1) is 0 Å². The van der Waals surface area contributed by atoms with Crippen LogP contribution in [0.25, 0.3) is 0 Å². The summed E-state index contributed by atoms with van der Waals surface area (Å²) < 4.78 is 0. The molecular formula is C13H21N3. The van der Waals surface area contributed by atoms with Crippen LogP contribution in [0.5, 0.6) is 0 Å². The average Bonchev–Trinajstić information content (AvgIpc) is 2.16. The first-order chi connectivity index (χ1) is 7.50. The predicted octanol–water partition coefficient (Wildman–Crippen LogP) is 2.34. The molecule has 2 heterocycles. The fraction of sp³-hybridized carbons (Fsp3) is 0.692. The molecule has 0 aliphatic carbocycles. The minimum Gasteiger partial charge on any atom is -0.295 e. The molecule has 0 amide bonds. The van der Waals surface area contributed by atoms with Crippen molar-refractivity contribution in [1.82, 2.24) is 14.9 Å². The maximum Gasteiger partial charge on any atom is 0.115 e. The Balaban J connectivity index is 2.03. The second-order valence-corrected chi connectivity index (χ2v) is 5.83. The minimum absolute atomic E-state index is 0.448. The van der Waals surface area contributed by atoms with Crippen molar-refractivity contribution in [3.8, 4) is 0 Å². The quantitative estimate of drug-likeness (QED) is 0.781. The fourth-order valence-corrected chi connectivity index (χ4v) is 3.22. The zero-order chi connectivity index (χ0) is 11.8. The van der Waals surface area contributed by atoms with Crippen molar-refractivity contribution in [2.24, 2.45) is 11.3 Å². The summed E-state index contributed by atoms with van der Waals surface area (Å²) in [5.74, 6) is 0.702. The van der Waals surface area contributed by atoms with Crippen LogP contribution in [0.2, 0.25) is 0 Å². The predicted molar refractivity (Wildman–Crippen MR) is 64.8 cm³/mol. The summed E-state index contributed by atoms with van der Waals surface area (Å²) in [6.45, 7) is 11.5. The van der Waals surface area contributed by atoms with Crippen LogP contribution in [-0.4, -0.2) is 27.5 Å². The van der Waals surface area contributed by atoms with Crippen molar-refractivity contribution in [2.75, 3.05) is 6.54 Å². The van der Waals surface area contributed by atoms with Crippen molar-refractivity contribution < 1.29 is 0 Å². The highest BCUT2D eigenvalue weighted by molar-refractivity contribution is 5.07. The van der Waals surface area contributed by atoms with Crippen LogP contribution in [0.4, 0.5) is 0 Å². The van der Waals surface area contributed by atoms with Gasteiger partial charge in [0.2, 0.25) is 0 Å². The number of nitrogens with zero attached hydrogens (tertiary/aromatic N) is 3. The normalized spacial score (nSPS) is 24.4. The second-order valence-electron chi connectivity index (χ2n) is 5.83. The summed E-state index contributed by atoms with van der Waals surface area (Å²) in [7, 11) is 0. The number of likely N-dealkylation sites (tertiary alicyclic amines) is 1. The van der Waals surface area contributed by atoms with Gasteiger partial charge in [0.1, 0.15) is 6.33 Å². The molecule has 3 nitrogen and oxygen atoms in total. The lowest BCUT2D eigenvalue weighted by Gasteiger charge is -2.56. The van der Waals surface area contributed by atoms with Crippen LogP contribution in [0.3, 0.4) is 0 Å². The highest BCUT2D eigenvalue weighted by Crippen LogP contribution is 2.41. The van der Waals surface area contributed by atoms with E-state index in [9.17, 15) is 0 Å². The van der Waals surface area contributed by atoms with Gasteiger partial charge in [-0.2, -0.15) is 0 Å². The Hall–Kier alpha value is -0.960. The lowest BCUT2D eigenvalue weighted by Crippen LogP contribution is -2.63. The van der Waals surface area contributed by atoms with E-state index in [1.807, 2.05) is 12.4 Å². The van der Waals surface area contributed by atoms with Crippen LogP contribution < -0.4 is 0 Å². The van der Waals surface area contributed by atoms with Gasteiger partial charge in [-0.25, -0.2) is 9.97 Å². The number of rotatable bonds is 3. The summed E-state index contributed by atoms with van der Waals surface area (Å²) in [5.41, 5.74) is 1.66. The molecule has 1 saturated heterocycles. The Kier molecular flexibility index (Phi) is 2.98. The summed E-state index contributed by atoms with van der Waals surface area (Å²) in [6.07, 6.45) is 5.41. The summed E-state index contributed by atoms with van der Waals surface area (Å²) in [4.78, 5) is 10.7. The molecule has 1 fully saturated rings. The van der Waals surface area contributed by atoms with Crippen molar-refractivity contribution in [1.29, 1.82) is 0 Å². The molecule has 3 heteroatoms. The highest BCUT2D eigenvalue weighted by Gasteiger charge is 2.46. The molecule has 1 aliphatic rings. The Morgan fingerprint density at radius 3 is 2.50 bits per heavy atom. The van der Waals surface area contributed by atoms with Crippen molar-refractivity contribution in [3.05, 3.63) is 24.3 Å². The minimum atomic E-state index is 0.448. The first-order valence-electron chi connectivity index (χ1n) is 5.98. The Labute approximate surface area is 97.9 Å². The standard InChI is InChI=1S/C13H21N3/c1-10(2)12-13(3,4)8-16(12)7-11-5-14-9-15-6-11/h5-6,9-10,12H,7-8H2,1-4H3. The number of hydrogen-bond donors (Lipinski definition) is 0. The van der Waals surface area contributed by atoms with E-state index in [1.165, 1.54) is 12.1 Å². The van der Waals surface area contributed by atoms with E-state index < -0.39 is 0 Å². The van der Waals surface area contributed by atoms with E-state index in [0.717, 1.165) is 6.54 Å². The molecule has 1 aromatic heterocycles. The second kappa shape index (κ2) is 4.13. The van der Waals surface area contributed by atoms with Gasteiger partial charge in [0, 0.05) is 37.1 Å².